The summed E-state index contributed by atoms with van der Waals surface area (Å²) in [4.78, 5) is 34.0. The van der Waals surface area contributed by atoms with E-state index in [9.17, 15) is 19.7 Å². The molecule has 1 aliphatic heterocycles. The van der Waals surface area contributed by atoms with Crippen LogP contribution in [-0.4, -0.2) is 37.2 Å². The van der Waals surface area contributed by atoms with Crippen molar-refractivity contribution in [1.29, 1.82) is 0 Å². The van der Waals surface area contributed by atoms with Gasteiger partial charge in [0, 0.05) is 18.1 Å². The fourth-order valence-electron chi connectivity index (χ4n) is 3.08. The Labute approximate surface area is 130 Å². The van der Waals surface area contributed by atoms with E-state index in [0.29, 0.717) is 5.56 Å². The van der Waals surface area contributed by atoms with Gasteiger partial charge in [-0.25, -0.2) is 4.79 Å². The largest absolute Gasteiger partial charge is 0.481 e. The van der Waals surface area contributed by atoms with Crippen LogP contribution in [0.1, 0.15) is 5.56 Å². The molecule has 1 aromatic carbocycles. The quantitative estimate of drug-likeness (QED) is 0.464. The third-order valence-corrected chi connectivity index (χ3v) is 4.24. The van der Waals surface area contributed by atoms with Crippen molar-refractivity contribution in [3.8, 4) is 0 Å². The lowest BCUT2D eigenvalue weighted by atomic mass is 9.92. The van der Waals surface area contributed by atoms with E-state index in [-0.39, 0.29) is 17.4 Å². The Balaban J connectivity index is 1.96. The third kappa shape index (κ3) is 1.98. The second kappa shape index (κ2) is 5.08. The van der Waals surface area contributed by atoms with Gasteiger partial charge in [0.2, 0.25) is 5.76 Å². The molecule has 0 radical (unpaired) electrons. The Morgan fingerprint density at radius 2 is 1.87 bits per heavy atom. The number of nitro benzene ring substituents is 1. The first kappa shape index (κ1) is 15.0. The van der Waals surface area contributed by atoms with Crippen LogP contribution in [0, 0.1) is 16.0 Å². The molecule has 0 amide bonds. The molecule has 120 valence electrons. The van der Waals surface area contributed by atoms with E-state index in [0.717, 1.165) is 0 Å². The summed E-state index contributed by atoms with van der Waals surface area (Å²) in [6.45, 7) is 0. The van der Waals surface area contributed by atoms with Gasteiger partial charge in [0.05, 0.1) is 19.1 Å². The van der Waals surface area contributed by atoms with Crippen molar-refractivity contribution in [2.75, 3.05) is 14.2 Å². The Morgan fingerprint density at radius 1 is 1.22 bits per heavy atom. The predicted molar refractivity (Wildman–Crippen MR) is 75.3 cm³/mol. The molecule has 1 aliphatic carbocycles. The number of benzene rings is 1. The van der Waals surface area contributed by atoms with Crippen molar-refractivity contribution < 1.29 is 28.7 Å². The number of nitrogens with zero attached hydrogens (tertiary/aromatic N) is 1. The second-order valence-corrected chi connectivity index (χ2v) is 5.25. The van der Waals surface area contributed by atoms with Crippen LogP contribution in [-0.2, 0) is 29.2 Å². The molecule has 1 saturated carbocycles. The first-order valence-corrected chi connectivity index (χ1v) is 6.77. The van der Waals surface area contributed by atoms with Crippen molar-refractivity contribution >= 4 is 17.6 Å². The van der Waals surface area contributed by atoms with E-state index in [1.165, 1.54) is 44.6 Å². The van der Waals surface area contributed by atoms with E-state index in [2.05, 4.69) is 4.74 Å². The zero-order chi connectivity index (χ0) is 16.8. The number of carbonyl (C=O) groups excluding carboxylic acids is 2. The van der Waals surface area contributed by atoms with Crippen LogP contribution in [0.4, 0.5) is 5.69 Å². The minimum atomic E-state index is -1.08. The lowest BCUT2D eigenvalue weighted by Crippen LogP contribution is -2.30. The maximum Gasteiger partial charge on any atom is 0.372 e. The Morgan fingerprint density at radius 3 is 2.30 bits per heavy atom. The first-order valence-electron chi connectivity index (χ1n) is 6.77. The van der Waals surface area contributed by atoms with Gasteiger partial charge < -0.3 is 14.2 Å². The summed E-state index contributed by atoms with van der Waals surface area (Å²) in [6, 6.07) is 5.64. The van der Waals surface area contributed by atoms with Crippen molar-refractivity contribution in [1.82, 2.24) is 0 Å². The van der Waals surface area contributed by atoms with Gasteiger partial charge in [-0.05, 0) is 11.6 Å². The molecule has 0 saturated heterocycles. The molecule has 23 heavy (non-hydrogen) atoms. The summed E-state index contributed by atoms with van der Waals surface area (Å²) in [5.74, 6) is -1.43. The maximum absolute atomic E-state index is 12.3. The van der Waals surface area contributed by atoms with Gasteiger partial charge in [-0.15, -0.1) is 0 Å². The normalized spacial score (nSPS) is 27.3. The van der Waals surface area contributed by atoms with E-state index in [4.69, 9.17) is 9.47 Å². The van der Waals surface area contributed by atoms with E-state index in [1.54, 1.807) is 0 Å². The van der Waals surface area contributed by atoms with Crippen molar-refractivity contribution in [3.63, 3.8) is 0 Å². The predicted octanol–water partition coefficient (Wildman–Crippen LogP) is 1.09. The molecule has 2 aliphatic rings. The number of non-ortho nitro benzene ring substituents is 1. The van der Waals surface area contributed by atoms with Crippen LogP contribution in [0.25, 0.3) is 0 Å². The smallest absolute Gasteiger partial charge is 0.372 e. The van der Waals surface area contributed by atoms with Crippen LogP contribution in [0.2, 0.25) is 0 Å². The number of hydrogen-bond acceptors (Lipinski definition) is 7. The molecule has 0 aromatic heterocycles. The number of nitro groups is 1. The van der Waals surface area contributed by atoms with Gasteiger partial charge in [0.25, 0.3) is 5.69 Å². The average Bonchev–Trinajstić information content (AvgIpc) is 2.96. The summed E-state index contributed by atoms with van der Waals surface area (Å²) < 4.78 is 15.0. The van der Waals surface area contributed by atoms with Gasteiger partial charge >= 0.3 is 11.9 Å². The van der Waals surface area contributed by atoms with E-state index < -0.39 is 28.4 Å². The molecule has 1 heterocycles. The third-order valence-electron chi connectivity index (χ3n) is 4.24. The molecular weight excluding hydrogens is 306 g/mol. The number of hydrogen-bond donors (Lipinski definition) is 0. The first-order chi connectivity index (χ1) is 11.0. The number of rotatable bonds is 4. The average molecular weight is 319 g/mol. The highest BCUT2D eigenvalue weighted by molar-refractivity contribution is 5.94. The molecule has 8 nitrogen and oxygen atoms in total. The van der Waals surface area contributed by atoms with Gasteiger partial charge in [-0.2, -0.15) is 0 Å². The van der Waals surface area contributed by atoms with Crippen molar-refractivity contribution in [2.24, 2.45) is 5.92 Å². The molecule has 8 heteroatoms. The van der Waals surface area contributed by atoms with Crippen LogP contribution < -0.4 is 0 Å². The van der Waals surface area contributed by atoms with Crippen molar-refractivity contribution in [3.05, 3.63) is 51.8 Å². The lowest BCUT2D eigenvalue weighted by molar-refractivity contribution is -0.384. The Kier molecular flexibility index (Phi) is 3.32. The minimum Gasteiger partial charge on any atom is -0.481 e. The summed E-state index contributed by atoms with van der Waals surface area (Å²) in [5.41, 5.74) is -0.613. The summed E-state index contributed by atoms with van der Waals surface area (Å²) in [7, 11) is 2.49. The molecule has 3 atom stereocenters. The fraction of sp³-hybridized carbons (Fsp3) is 0.333. The number of methoxy groups -OCH3 is 2. The number of carbonyl (C=O) groups is 2. The standard InChI is InChI=1S/C15H13NO7/c1-21-13(17)11-7-10-12(23-11)15(10,14(18)22-2)8-3-5-9(6-4-8)16(19)20/h3-7,10,12H,1-2H3/t10-,12+,15+/m1/s1. The van der Waals surface area contributed by atoms with E-state index in [1.807, 2.05) is 0 Å². The zero-order valence-corrected chi connectivity index (χ0v) is 12.3. The van der Waals surface area contributed by atoms with Crippen LogP contribution in [0.3, 0.4) is 0 Å². The SMILES string of the molecule is COC(=O)C1=C[C@@H]2[C@H](O1)[C@]2(C(=O)OC)c1ccc([N+](=O)[O-])cc1. The molecule has 1 fully saturated rings. The van der Waals surface area contributed by atoms with Crippen LogP contribution in [0.5, 0.6) is 0 Å². The molecule has 0 spiro atoms. The van der Waals surface area contributed by atoms with Crippen LogP contribution >= 0.6 is 0 Å². The molecule has 3 rings (SSSR count). The molecular formula is C15H13NO7. The summed E-state index contributed by atoms with van der Waals surface area (Å²) >= 11 is 0. The topological polar surface area (TPSA) is 105 Å². The van der Waals surface area contributed by atoms with Crippen molar-refractivity contribution in [2.45, 2.75) is 11.5 Å². The Hall–Kier alpha value is -2.90. The van der Waals surface area contributed by atoms with Crippen LogP contribution in [0.15, 0.2) is 36.1 Å². The second-order valence-electron chi connectivity index (χ2n) is 5.25. The Bertz CT molecular complexity index is 724. The molecule has 0 unspecified atom stereocenters. The number of esters is 2. The van der Waals surface area contributed by atoms with Gasteiger partial charge in [0.15, 0.2) is 0 Å². The monoisotopic (exact) mass is 319 g/mol. The maximum atomic E-state index is 12.3. The number of fused-ring (bicyclic) bond motifs is 1. The summed E-state index contributed by atoms with van der Waals surface area (Å²) in [5, 5.41) is 10.7. The molecule has 1 aromatic rings. The van der Waals surface area contributed by atoms with E-state index >= 15 is 0 Å². The minimum absolute atomic E-state index is 0.0592. The van der Waals surface area contributed by atoms with Gasteiger partial charge in [-0.3, -0.25) is 14.9 Å². The number of ether oxygens (including phenoxy) is 3. The highest BCUT2D eigenvalue weighted by atomic mass is 16.6. The van der Waals surface area contributed by atoms with Gasteiger partial charge in [0.1, 0.15) is 11.5 Å². The zero-order valence-electron chi connectivity index (χ0n) is 12.3. The fourth-order valence-corrected chi connectivity index (χ4v) is 3.08. The lowest BCUT2D eigenvalue weighted by Gasteiger charge is -2.18. The highest BCUT2D eigenvalue weighted by Gasteiger charge is 2.75. The molecule has 0 N–H and O–H groups in total. The van der Waals surface area contributed by atoms with Gasteiger partial charge in [-0.1, -0.05) is 12.1 Å². The summed E-state index contributed by atoms with van der Waals surface area (Å²) in [6.07, 6.45) is 0.958. The molecule has 0 bridgehead atoms. The highest BCUT2D eigenvalue weighted by Crippen LogP contribution is 2.62.